The molecule has 0 bridgehead atoms. The number of fused-ring (bicyclic) bond motifs is 1. The third-order valence-electron chi connectivity index (χ3n) is 4.52. The Bertz CT molecular complexity index is 1060. The molecule has 6 nitrogen and oxygen atoms in total. The molecule has 0 aliphatic rings. The number of esters is 1. The minimum Gasteiger partial charge on any atom is -0.506 e. The van der Waals surface area contributed by atoms with E-state index in [2.05, 4.69) is 5.32 Å². The summed E-state index contributed by atoms with van der Waals surface area (Å²) in [7, 11) is 0. The fourth-order valence-corrected chi connectivity index (χ4v) is 2.95. The zero-order chi connectivity index (χ0) is 20.8. The highest BCUT2D eigenvalue weighted by molar-refractivity contribution is 6.03. The molecule has 0 aliphatic heterocycles. The molecule has 3 rings (SSSR count). The second-order valence-corrected chi connectivity index (χ2v) is 6.61. The summed E-state index contributed by atoms with van der Waals surface area (Å²) < 4.78 is 5.10. The van der Waals surface area contributed by atoms with Crippen LogP contribution in [0.25, 0.3) is 10.8 Å². The maximum absolute atomic E-state index is 12.3. The molecular formula is C23H21NO5. The first-order chi connectivity index (χ1) is 14.0. The van der Waals surface area contributed by atoms with Crippen LogP contribution in [-0.4, -0.2) is 35.9 Å². The molecule has 0 aliphatic carbocycles. The number of phenolic OH excluding ortho intramolecular Hbond substituents is 1. The van der Waals surface area contributed by atoms with E-state index in [1.165, 1.54) is 13.0 Å². The van der Waals surface area contributed by atoms with Crippen molar-refractivity contribution in [2.75, 3.05) is 13.2 Å². The topological polar surface area (TPSA) is 92.7 Å². The van der Waals surface area contributed by atoms with Crippen LogP contribution in [0.3, 0.4) is 0 Å². The number of nitrogens with one attached hydrogen (secondary N) is 1. The van der Waals surface area contributed by atoms with Crippen LogP contribution in [0.5, 0.6) is 5.75 Å². The van der Waals surface area contributed by atoms with E-state index in [4.69, 9.17) is 4.74 Å². The minimum absolute atomic E-state index is 0.0184. The second kappa shape index (κ2) is 9.01. The number of carbonyl (C=O) groups is 3. The van der Waals surface area contributed by atoms with E-state index < -0.39 is 12.6 Å². The largest absolute Gasteiger partial charge is 0.506 e. The zero-order valence-electron chi connectivity index (χ0n) is 16.0. The number of benzene rings is 3. The Morgan fingerprint density at radius 2 is 1.69 bits per heavy atom. The normalized spacial score (nSPS) is 10.5. The number of ketones is 1. The summed E-state index contributed by atoms with van der Waals surface area (Å²) in [6.45, 7) is 1.56. The molecule has 29 heavy (non-hydrogen) atoms. The van der Waals surface area contributed by atoms with Gasteiger partial charge in [0.05, 0.1) is 0 Å². The van der Waals surface area contributed by atoms with Crippen LogP contribution in [0.2, 0.25) is 0 Å². The van der Waals surface area contributed by atoms with Gasteiger partial charge in [-0.1, -0.05) is 54.6 Å². The number of amides is 1. The molecule has 3 aromatic rings. The number of aromatic hydroxyl groups is 1. The lowest BCUT2D eigenvalue weighted by atomic mass is 10.1. The monoisotopic (exact) mass is 391 g/mol. The van der Waals surface area contributed by atoms with Crippen LogP contribution in [0.1, 0.15) is 33.2 Å². The lowest BCUT2D eigenvalue weighted by Crippen LogP contribution is -2.22. The molecular weight excluding hydrogens is 370 g/mol. The molecule has 0 heterocycles. The summed E-state index contributed by atoms with van der Waals surface area (Å²) in [4.78, 5) is 35.5. The molecule has 0 saturated heterocycles. The fraction of sp³-hybridized carbons (Fsp3) is 0.174. The predicted molar refractivity (Wildman–Crippen MR) is 109 cm³/mol. The van der Waals surface area contributed by atoms with Crippen molar-refractivity contribution in [1.29, 1.82) is 0 Å². The van der Waals surface area contributed by atoms with Gasteiger partial charge in [0, 0.05) is 24.4 Å². The van der Waals surface area contributed by atoms with E-state index in [0.717, 1.165) is 10.9 Å². The summed E-state index contributed by atoms with van der Waals surface area (Å²) in [6.07, 6.45) is 0.657. The van der Waals surface area contributed by atoms with Gasteiger partial charge < -0.3 is 15.2 Å². The van der Waals surface area contributed by atoms with Crippen molar-refractivity contribution in [2.24, 2.45) is 0 Å². The van der Waals surface area contributed by atoms with Crippen molar-refractivity contribution in [2.45, 2.75) is 13.3 Å². The number of Topliss-reactive ketones (excluding diaryl/α,β-unsaturated/α-hetero) is 1. The van der Waals surface area contributed by atoms with E-state index in [9.17, 15) is 19.5 Å². The van der Waals surface area contributed by atoms with E-state index in [-0.39, 0.29) is 23.0 Å². The van der Waals surface area contributed by atoms with Crippen LogP contribution in [0.4, 0.5) is 0 Å². The van der Waals surface area contributed by atoms with Crippen molar-refractivity contribution < 1.29 is 24.2 Å². The van der Waals surface area contributed by atoms with Gasteiger partial charge in [-0.15, -0.1) is 0 Å². The standard InChI is InChI=1S/C23H21NO5/c1-15(25)24-13-12-16-6-8-18(9-7-16)21(26)14-29-23(28)20-11-10-17-4-2-3-5-19(17)22(20)27/h2-11,27H,12-14H2,1H3,(H,24,25). The van der Waals surface area contributed by atoms with Crippen molar-refractivity contribution >= 4 is 28.4 Å². The van der Waals surface area contributed by atoms with Gasteiger partial charge in [0.2, 0.25) is 5.91 Å². The summed E-state index contributed by atoms with van der Waals surface area (Å²) in [5.74, 6) is -1.35. The number of hydrogen-bond donors (Lipinski definition) is 2. The summed E-state index contributed by atoms with van der Waals surface area (Å²) in [5.41, 5.74) is 1.42. The lowest BCUT2D eigenvalue weighted by Gasteiger charge is -2.09. The summed E-state index contributed by atoms with van der Waals surface area (Å²) in [5, 5.41) is 14.4. The van der Waals surface area contributed by atoms with Gasteiger partial charge in [0.1, 0.15) is 11.3 Å². The zero-order valence-corrected chi connectivity index (χ0v) is 16.0. The van der Waals surface area contributed by atoms with Gasteiger partial charge in [0.15, 0.2) is 12.4 Å². The molecule has 0 unspecified atom stereocenters. The highest BCUT2D eigenvalue weighted by Gasteiger charge is 2.17. The fourth-order valence-electron chi connectivity index (χ4n) is 2.95. The highest BCUT2D eigenvalue weighted by atomic mass is 16.5. The number of carbonyl (C=O) groups excluding carboxylic acids is 3. The van der Waals surface area contributed by atoms with Crippen LogP contribution in [0.15, 0.2) is 60.7 Å². The van der Waals surface area contributed by atoms with Crippen LogP contribution < -0.4 is 5.32 Å². The highest BCUT2D eigenvalue weighted by Crippen LogP contribution is 2.29. The summed E-state index contributed by atoms with van der Waals surface area (Å²) >= 11 is 0. The number of ether oxygens (including phenoxy) is 1. The second-order valence-electron chi connectivity index (χ2n) is 6.61. The molecule has 0 atom stereocenters. The Hall–Kier alpha value is -3.67. The SMILES string of the molecule is CC(=O)NCCc1ccc(C(=O)COC(=O)c2ccc3ccccc3c2O)cc1. The molecule has 6 heteroatoms. The third-order valence-corrected chi connectivity index (χ3v) is 4.52. The van der Waals surface area contributed by atoms with Gasteiger partial charge in [-0.3, -0.25) is 9.59 Å². The smallest absolute Gasteiger partial charge is 0.342 e. The van der Waals surface area contributed by atoms with E-state index in [1.807, 2.05) is 12.1 Å². The molecule has 3 aromatic carbocycles. The van der Waals surface area contributed by atoms with Crippen molar-refractivity contribution in [3.63, 3.8) is 0 Å². The minimum atomic E-state index is -0.756. The van der Waals surface area contributed by atoms with Crippen molar-refractivity contribution in [1.82, 2.24) is 5.32 Å². The van der Waals surface area contributed by atoms with Gasteiger partial charge in [-0.25, -0.2) is 4.79 Å². The van der Waals surface area contributed by atoms with Gasteiger partial charge in [-0.2, -0.15) is 0 Å². The Labute approximate surface area is 168 Å². The average Bonchev–Trinajstić information content (AvgIpc) is 2.72. The third kappa shape index (κ3) is 4.99. The predicted octanol–water partition coefficient (Wildman–Crippen LogP) is 3.26. The van der Waals surface area contributed by atoms with E-state index >= 15 is 0 Å². The molecule has 0 spiro atoms. The van der Waals surface area contributed by atoms with Crippen LogP contribution in [0, 0.1) is 0 Å². The first-order valence-corrected chi connectivity index (χ1v) is 9.20. The maximum Gasteiger partial charge on any atom is 0.342 e. The molecule has 0 radical (unpaired) electrons. The van der Waals surface area contributed by atoms with Crippen molar-refractivity contribution in [3.8, 4) is 5.75 Å². The first-order valence-electron chi connectivity index (χ1n) is 9.20. The Morgan fingerprint density at radius 3 is 2.41 bits per heavy atom. The van der Waals surface area contributed by atoms with E-state index in [0.29, 0.717) is 23.9 Å². The number of hydrogen-bond acceptors (Lipinski definition) is 5. The molecule has 0 fully saturated rings. The van der Waals surface area contributed by atoms with E-state index in [1.54, 1.807) is 42.5 Å². The molecule has 0 saturated carbocycles. The average molecular weight is 391 g/mol. The van der Waals surface area contributed by atoms with Gasteiger partial charge in [-0.05, 0) is 23.4 Å². The molecule has 2 N–H and O–H groups in total. The van der Waals surface area contributed by atoms with Crippen molar-refractivity contribution in [3.05, 3.63) is 77.4 Å². The van der Waals surface area contributed by atoms with Gasteiger partial charge in [0.25, 0.3) is 0 Å². The first kappa shape index (κ1) is 20.1. The summed E-state index contributed by atoms with van der Waals surface area (Å²) in [6, 6.07) is 17.2. The Kier molecular flexibility index (Phi) is 6.24. The molecule has 0 aromatic heterocycles. The van der Waals surface area contributed by atoms with Gasteiger partial charge >= 0.3 is 5.97 Å². The lowest BCUT2D eigenvalue weighted by molar-refractivity contribution is -0.118. The number of rotatable bonds is 7. The molecule has 148 valence electrons. The maximum atomic E-state index is 12.3. The Balaban J connectivity index is 1.59. The van der Waals surface area contributed by atoms with Crippen LogP contribution >= 0.6 is 0 Å². The van der Waals surface area contributed by atoms with Crippen LogP contribution in [-0.2, 0) is 16.0 Å². The quantitative estimate of drug-likeness (QED) is 0.476. The number of phenols is 1. The Morgan fingerprint density at radius 1 is 0.966 bits per heavy atom. The molecule has 1 amide bonds.